The molecule has 0 unspecified atom stereocenters. The molecule has 48 heavy (non-hydrogen) atoms. The van der Waals surface area contributed by atoms with E-state index in [4.69, 9.17) is 22.0 Å². The average Bonchev–Trinajstić information content (AvgIpc) is 3.03. The van der Waals surface area contributed by atoms with Gasteiger partial charge in [-0.3, -0.25) is 25.8 Å². The summed E-state index contributed by atoms with van der Waals surface area (Å²) in [6.07, 6.45) is 1.96. The number of nitrogens with two attached hydrogens (primary N) is 1. The third kappa shape index (κ3) is 12.0. The van der Waals surface area contributed by atoms with Gasteiger partial charge in [0.25, 0.3) is 5.91 Å². The Morgan fingerprint density at radius 1 is 0.667 bits per heavy atom. The van der Waals surface area contributed by atoms with Crippen LogP contribution in [0.4, 0.5) is 8.78 Å². The van der Waals surface area contributed by atoms with Gasteiger partial charge in [-0.25, -0.2) is 8.78 Å². The van der Waals surface area contributed by atoms with Crippen LogP contribution in [0, 0.1) is 27.9 Å². The molecule has 6 N–H and O–H groups in total. The number of hydrogen-bond acceptors (Lipinski definition) is 7. The van der Waals surface area contributed by atoms with Gasteiger partial charge < -0.3 is 11.1 Å². The average molecular weight is 685 g/mol. The Kier molecular flexibility index (Phi) is 13.3. The van der Waals surface area contributed by atoms with Gasteiger partial charge in [0.2, 0.25) is 5.91 Å². The maximum absolute atomic E-state index is 13.6. The number of benzene rings is 4. The first-order valence-corrected chi connectivity index (χ1v) is 16.6. The van der Waals surface area contributed by atoms with Gasteiger partial charge >= 0.3 is 0 Å². The second-order valence-electron chi connectivity index (χ2n) is 10.8. The molecule has 0 saturated carbocycles. The molecule has 0 aliphatic rings. The molecule has 4 aromatic carbocycles. The monoisotopic (exact) mass is 684 g/mol. The number of amidine groups is 2. The molecule has 8 nitrogen and oxygen atoms in total. The molecule has 0 radical (unpaired) electrons. The molecule has 0 aromatic heterocycles. The minimum absolute atomic E-state index is 0.0107. The highest BCUT2D eigenvalue weighted by Gasteiger charge is 2.12. The highest BCUT2D eigenvalue weighted by Crippen LogP contribution is 2.23. The van der Waals surface area contributed by atoms with Crippen LogP contribution in [0.5, 0.6) is 0 Å². The van der Waals surface area contributed by atoms with Crippen LogP contribution in [-0.2, 0) is 22.4 Å². The molecule has 0 aliphatic carbocycles. The Morgan fingerprint density at radius 2 is 1.12 bits per heavy atom. The quantitative estimate of drug-likeness (QED) is 0.0616. The minimum Gasteiger partial charge on any atom is -0.378 e. The zero-order valence-corrected chi connectivity index (χ0v) is 27.5. The maximum Gasteiger partial charge on any atom is 0.252 e. The number of thioether (sulfide) groups is 2. The van der Waals surface area contributed by atoms with Crippen LogP contribution < -0.4 is 11.1 Å². The third-order valence-electron chi connectivity index (χ3n) is 6.89. The Hall–Kier alpha value is -4.94. The smallest absolute Gasteiger partial charge is 0.252 e. The Balaban J connectivity index is 1.12. The first-order valence-electron chi connectivity index (χ1n) is 15.0. The molecule has 0 aliphatic heterocycles. The Bertz CT molecular complexity index is 1860. The van der Waals surface area contributed by atoms with Crippen LogP contribution in [0.1, 0.15) is 36.8 Å². The van der Waals surface area contributed by atoms with Crippen LogP contribution in [-0.4, -0.2) is 32.2 Å². The van der Waals surface area contributed by atoms with Crippen molar-refractivity contribution in [2.75, 3.05) is 0 Å². The highest BCUT2D eigenvalue weighted by atomic mass is 32.2. The summed E-state index contributed by atoms with van der Waals surface area (Å²) >= 11 is 1.77. The largest absolute Gasteiger partial charge is 0.378 e. The van der Waals surface area contributed by atoms with Gasteiger partial charge in [-0.2, -0.15) is 4.99 Å². The van der Waals surface area contributed by atoms with Gasteiger partial charge in [0, 0.05) is 0 Å². The van der Waals surface area contributed by atoms with Gasteiger partial charge in [-0.1, -0.05) is 72.8 Å². The number of rotatable bonds is 11. The Morgan fingerprint density at radius 3 is 1.65 bits per heavy atom. The summed E-state index contributed by atoms with van der Waals surface area (Å²) in [7, 11) is 0. The van der Waals surface area contributed by atoms with E-state index < -0.39 is 11.8 Å². The standard InChI is InChI=1S/C36H34F2N6O2S2/c37-29-13-5-11-27(21-29)25-9-3-7-23(17-25)19-33(45)43-35(41)47-31(39)15-1-2-16-32(40)48-36(42)44-34(46)20-24-8-4-10-26(18-24)28-12-6-14-30(38)22-28/h3-14,17-18,21-22,39-40H,1-2,15-16,19-20H2,(H2,41,43,45)(H2,42,44,46). The first kappa shape index (κ1) is 35.9. The molecule has 0 spiro atoms. The summed E-state index contributed by atoms with van der Waals surface area (Å²) < 4.78 is 27.2. The van der Waals surface area contributed by atoms with Crippen molar-refractivity contribution in [3.8, 4) is 22.3 Å². The molecule has 4 aromatic rings. The highest BCUT2D eigenvalue weighted by molar-refractivity contribution is 8.26. The van der Waals surface area contributed by atoms with Gasteiger partial charge in [0.15, 0.2) is 10.3 Å². The fraction of sp³-hybridized carbons (Fsp3) is 0.167. The summed E-state index contributed by atoms with van der Waals surface area (Å²) in [5.41, 5.74) is 10.3. The number of nitrogens with one attached hydrogen (secondary N) is 4. The molecule has 0 atom stereocenters. The van der Waals surface area contributed by atoms with Crippen molar-refractivity contribution in [1.82, 2.24) is 5.32 Å². The first-order chi connectivity index (χ1) is 23.0. The van der Waals surface area contributed by atoms with Crippen molar-refractivity contribution >= 4 is 55.8 Å². The topological polar surface area (TPSA) is 156 Å². The minimum atomic E-state index is -0.457. The molecule has 2 amide bonds. The van der Waals surface area contributed by atoms with Gasteiger partial charge in [-0.05, 0) is 107 Å². The molecule has 246 valence electrons. The number of amides is 2. The summed E-state index contributed by atoms with van der Waals surface area (Å²) in [6.45, 7) is 0. The molecule has 12 heteroatoms. The molecule has 4 rings (SSSR count). The van der Waals surface area contributed by atoms with Crippen molar-refractivity contribution in [1.29, 1.82) is 16.2 Å². The van der Waals surface area contributed by atoms with Gasteiger partial charge in [-0.15, -0.1) is 0 Å². The van der Waals surface area contributed by atoms with Crippen molar-refractivity contribution < 1.29 is 18.4 Å². The summed E-state index contributed by atoms with van der Waals surface area (Å²) in [5, 5.41) is 27.2. The van der Waals surface area contributed by atoms with E-state index in [1.807, 2.05) is 12.1 Å². The van der Waals surface area contributed by atoms with E-state index in [9.17, 15) is 18.4 Å². The number of unbranched alkanes of at least 4 members (excludes halogenated alkanes) is 1. The van der Waals surface area contributed by atoms with Crippen molar-refractivity contribution in [3.63, 3.8) is 0 Å². The number of hydrogen-bond donors (Lipinski definition) is 5. The molecule has 0 fully saturated rings. The lowest BCUT2D eigenvalue weighted by Crippen LogP contribution is -2.29. The second kappa shape index (κ2) is 17.8. The summed E-state index contributed by atoms with van der Waals surface area (Å²) in [4.78, 5) is 28.9. The molecular formula is C36H34F2N6O2S2. The zero-order chi connectivity index (χ0) is 34.5. The predicted molar refractivity (Wildman–Crippen MR) is 193 cm³/mol. The van der Waals surface area contributed by atoms with Gasteiger partial charge in [0.05, 0.1) is 22.9 Å². The van der Waals surface area contributed by atoms with E-state index in [0.29, 0.717) is 47.9 Å². The lowest BCUT2D eigenvalue weighted by Gasteiger charge is -2.09. The molecule has 0 heterocycles. The van der Waals surface area contributed by atoms with Crippen molar-refractivity contribution in [2.24, 2.45) is 10.7 Å². The van der Waals surface area contributed by atoms with Crippen LogP contribution >= 0.6 is 23.5 Å². The van der Waals surface area contributed by atoms with E-state index in [2.05, 4.69) is 10.3 Å². The SMILES string of the molecule is N=C(CCCCC(=N)SC(N)=NC(=O)Cc1cccc(-c2cccc(F)c2)c1)SC(=N)NC(=O)Cc1cccc(-c2cccc(F)c2)c1. The normalized spacial score (nSPS) is 11.2. The van der Waals surface area contributed by atoms with E-state index >= 15 is 0 Å². The summed E-state index contributed by atoms with van der Waals surface area (Å²) in [6, 6.07) is 26.8. The van der Waals surface area contributed by atoms with E-state index in [1.54, 1.807) is 60.7 Å². The van der Waals surface area contributed by atoms with Crippen molar-refractivity contribution in [2.45, 2.75) is 38.5 Å². The van der Waals surface area contributed by atoms with E-state index in [1.165, 1.54) is 24.3 Å². The van der Waals surface area contributed by atoms with Crippen LogP contribution in [0.3, 0.4) is 0 Å². The van der Waals surface area contributed by atoms with Crippen molar-refractivity contribution in [3.05, 3.63) is 120 Å². The van der Waals surface area contributed by atoms with E-state index in [-0.39, 0.29) is 44.9 Å². The number of carbonyl (C=O) groups is 2. The third-order valence-corrected chi connectivity index (χ3v) is 8.40. The summed E-state index contributed by atoms with van der Waals surface area (Å²) in [5.74, 6) is -1.54. The van der Waals surface area contributed by atoms with E-state index in [0.717, 1.165) is 34.7 Å². The predicted octanol–water partition coefficient (Wildman–Crippen LogP) is 7.96. The molecule has 0 bridgehead atoms. The number of aliphatic imine (C=N–C) groups is 1. The number of halogens is 2. The van der Waals surface area contributed by atoms with Gasteiger partial charge in [0.1, 0.15) is 11.6 Å². The maximum atomic E-state index is 13.6. The second-order valence-corrected chi connectivity index (χ2v) is 13.0. The number of nitrogens with zero attached hydrogens (tertiary/aromatic N) is 1. The zero-order valence-electron chi connectivity index (χ0n) is 25.9. The van der Waals surface area contributed by atoms with Crippen LogP contribution in [0.15, 0.2) is 102 Å². The fourth-order valence-corrected chi connectivity index (χ4v) is 6.03. The lowest BCUT2D eigenvalue weighted by atomic mass is 10.0. The number of carbonyl (C=O) groups excluding carboxylic acids is 2. The Labute approximate surface area is 286 Å². The lowest BCUT2D eigenvalue weighted by molar-refractivity contribution is -0.119. The molecule has 0 saturated heterocycles. The van der Waals surface area contributed by atoms with Crippen LogP contribution in [0.25, 0.3) is 22.3 Å². The molecular weight excluding hydrogens is 651 g/mol. The fourth-order valence-electron chi connectivity index (χ4n) is 4.72. The van der Waals surface area contributed by atoms with Crippen LogP contribution in [0.2, 0.25) is 0 Å².